The number of carbonyl (C=O) groups excluding carboxylic acids is 1. The van der Waals surface area contributed by atoms with E-state index >= 15 is 0 Å². The zero-order valence-electron chi connectivity index (χ0n) is 15.4. The third-order valence-electron chi connectivity index (χ3n) is 5.63. The number of amides is 1. The monoisotopic (exact) mass is 368 g/mol. The lowest BCUT2D eigenvalue weighted by Gasteiger charge is -2.40. The number of nitrogens with zero attached hydrogens (tertiary/aromatic N) is 2. The fourth-order valence-corrected chi connectivity index (χ4v) is 4.00. The van der Waals surface area contributed by atoms with Crippen LogP contribution in [0.5, 0.6) is 11.5 Å². The molecule has 6 heteroatoms. The molecule has 1 fully saturated rings. The third kappa shape index (κ3) is 3.37. The first-order valence-electron chi connectivity index (χ1n) is 9.31. The minimum absolute atomic E-state index is 0.0942. The Morgan fingerprint density at radius 1 is 1.30 bits per heavy atom. The Morgan fingerprint density at radius 3 is 2.81 bits per heavy atom. The van der Waals surface area contributed by atoms with Crippen molar-refractivity contribution >= 4 is 5.91 Å². The number of aliphatic hydroxyl groups is 1. The van der Waals surface area contributed by atoms with E-state index in [2.05, 4.69) is 4.98 Å². The van der Waals surface area contributed by atoms with Gasteiger partial charge < -0.3 is 19.5 Å². The summed E-state index contributed by atoms with van der Waals surface area (Å²) in [5.74, 6) is 1.34. The Morgan fingerprint density at radius 2 is 2.11 bits per heavy atom. The normalized spacial score (nSPS) is 21.1. The average molecular weight is 368 g/mol. The van der Waals surface area contributed by atoms with Crippen LogP contribution >= 0.6 is 0 Å². The molecule has 0 unspecified atom stereocenters. The number of hydrogen-bond donors (Lipinski definition) is 1. The summed E-state index contributed by atoms with van der Waals surface area (Å²) in [4.78, 5) is 18.9. The fraction of sp³-hybridized carbons (Fsp3) is 0.429. The Bertz CT molecular complexity index is 816. The molecule has 1 amide bonds. The molecule has 0 aliphatic carbocycles. The Hall–Kier alpha value is -2.60. The van der Waals surface area contributed by atoms with E-state index in [-0.39, 0.29) is 11.8 Å². The molecule has 6 nitrogen and oxygen atoms in total. The summed E-state index contributed by atoms with van der Waals surface area (Å²) < 4.78 is 11.2. The topological polar surface area (TPSA) is 71.9 Å². The number of fused-ring (bicyclic) bond motifs is 1. The fourth-order valence-electron chi connectivity index (χ4n) is 4.00. The van der Waals surface area contributed by atoms with Crippen molar-refractivity contribution in [2.24, 2.45) is 5.92 Å². The lowest BCUT2D eigenvalue weighted by Crippen LogP contribution is -2.48. The van der Waals surface area contributed by atoms with Gasteiger partial charge in [-0.3, -0.25) is 9.78 Å². The highest BCUT2D eigenvalue weighted by Crippen LogP contribution is 2.37. The maximum absolute atomic E-state index is 13.0. The Kier molecular flexibility index (Phi) is 4.74. The van der Waals surface area contributed by atoms with Crippen LogP contribution in [0.2, 0.25) is 0 Å². The number of hydrogen-bond acceptors (Lipinski definition) is 5. The van der Waals surface area contributed by atoms with Crippen LogP contribution in [-0.2, 0) is 16.8 Å². The molecule has 0 spiro atoms. The number of pyridine rings is 1. The molecule has 2 aromatic rings. The van der Waals surface area contributed by atoms with Gasteiger partial charge in [0, 0.05) is 31.0 Å². The van der Waals surface area contributed by atoms with Gasteiger partial charge in [0.25, 0.3) is 0 Å². The summed E-state index contributed by atoms with van der Waals surface area (Å²) in [5.41, 5.74) is 0.913. The number of benzene rings is 1. The predicted molar refractivity (Wildman–Crippen MR) is 99.6 cm³/mol. The van der Waals surface area contributed by atoms with Crippen molar-refractivity contribution in [3.63, 3.8) is 0 Å². The minimum Gasteiger partial charge on any atom is -0.493 e. The number of para-hydroxylation sites is 1. The van der Waals surface area contributed by atoms with Crippen molar-refractivity contribution in [3.8, 4) is 11.5 Å². The maximum Gasteiger partial charge on any atom is 0.229 e. The number of carbonyl (C=O) groups is 1. The van der Waals surface area contributed by atoms with Crippen LogP contribution in [0.4, 0.5) is 0 Å². The van der Waals surface area contributed by atoms with E-state index in [1.165, 1.54) is 0 Å². The van der Waals surface area contributed by atoms with Crippen molar-refractivity contribution in [2.75, 3.05) is 26.8 Å². The maximum atomic E-state index is 13.0. The Labute approximate surface area is 158 Å². The van der Waals surface area contributed by atoms with E-state index in [1.54, 1.807) is 19.5 Å². The molecule has 4 rings (SSSR count). The summed E-state index contributed by atoms with van der Waals surface area (Å²) in [7, 11) is 1.62. The zero-order chi connectivity index (χ0) is 18.9. The number of ether oxygens (including phenoxy) is 2. The van der Waals surface area contributed by atoms with Crippen LogP contribution in [0, 0.1) is 5.92 Å². The SMILES string of the molecule is COc1cccc2c1OC[C@@H](C(=O)N1CCC(O)(c3cccnc3)CC1)C2. The molecule has 0 radical (unpaired) electrons. The van der Waals surface area contributed by atoms with E-state index < -0.39 is 5.60 Å². The highest BCUT2D eigenvalue weighted by atomic mass is 16.5. The Balaban J connectivity index is 1.41. The van der Waals surface area contributed by atoms with Crippen molar-refractivity contribution in [3.05, 3.63) is 53.9 Å². The lowest BCUT2D eigenvalue weighted by atomic mass is 9.84. The van der Waals surface area contributed by atoms with E-state index in [0.717, 1.165) is 16.9 Å². The molecule has 1 aromatic carbocycles. The summed E-state index contributed by atoms with van der Waals surface area (Å²) in [5, 5.41) is 10.9. The van der Waals surface area contributed by atoms with Gasteiger partial charge in [-0.2, -0.15) is 0 Å². The predicted octanol–water partition coefficient (Wildman–Crippen LogP) is 2.15. The van der Waals surface area contributed by atoms with Crippen LogP contribution in [0.25, 0.3) is 0 Å². The molecule has 1 atom stereocenters. The molecule has 0 bridgehead atoms. The van der Waals surface area contributed by atoms with Crippen LogP contribution in [-0.4, -0.2) is 47.7 Å². The zero-order valence-corrected chi connectivity index (χ0v) is 15.4. The van der Waals surface area contributed by atoms with Crippen LogP contribution in [0.1, 0.15) is 24.0 Å². The first-order valence-corrected chi connectivity index (χ1v) is 9.31. The van der Waals surface area contributed by atoms with Gasteiger partial charge in [-0.25, -0.2) is 0 Å². The number of rotatable bonds is 3. The van der Waals surface area contributed by atoms with Crippen LogP contribution < -0.4 is 9.47 Å². The quantitative estimate of drug-likeness (QED) is 0.899. The summed E-state index contributed by atoms with van der Waals surface area (Å²) >= 11 is 0. The molecular formula is C21H24N2O4. The first-order chi connectivity index (χ1) is 13.1. The molecule has 3 heterocycles. The van der Waals surface area contributed by atoms with Crippen molar-refractivity contribution in [1.82, 2.24) is 9.88 Å². The largest absolute Gasteiger partial charge is 0.493 e. The summed E-state index contributed by atoms with van der Waals surface area (Å²) in [6.45, 7) is 1.42. The minimum atomic E-state index is -0.909. The number of likely N-dealkylation sites (tertiary alicyclic amines) is 1. The summed E-state index contributed by atoms with van der Waals surface area (Å²) in [6.07, 6.45) is 5.08. The highest BCUT2D eigenvalue weighted by molar-refractivity contribution is 5.80. The van der Waals surface area contributed by atoms with Gasteiger partial charge in [-0.05, 0) is 37.0 Å². The molecule has 2 aliphatic heterocycles. The standard InChI is InChI=1S/C21H24N2O4/c1-26-18-6-2-4-15-12-16(14-27-19(15)18)20(24)23-10-7-21(25,8-11-23)17-5-3-9-22-13-17/h2-6,9,13,16,25H,7-8,10-12,14H2,1H3/t16-/m0/s1. The van der Waals surface area contributed by atoms with Gasteiger partial charge >= 0.3 is 0 Å². The number of piperidine rings is 1. The molecule has 1 aromatic heterocycles. The molecule has 1 saturated heterocycles. The van der Waals surface area contributed by atoms with Gasteiger partial charge in [0.05, 0.1) is 18.6 Å². The second kappa shape index (κ2) is 7.19. The van der Waals surface area contributed by atoms with E-state index in [1.807, 2.05) is 35.2 Å². The van der Waals surface area contributed by atoms with Gasteiger partial charge in [0.2, 0.25) is 5.91 Å². The molecule has 142 valence electrons. The van der Waals surface area contributed by atoms with Gasteiger partial charge in [0.15, 0.2) is 11.5 Å². The van der Waals surface area contributed by atoms with Crippen molar-refractivity contribution < 1.29 is 19.4 Å². The molecular weight excluding hydrogens is 344 g/mol. The second-order valence-electron chi connectivity index (χ2n) is 7.26. The van der Waals surface area contributed by atoms with Crippen LogP contribution in [0.3, 0.4) is 0 Å². The lowest BCUT2D eigenvalue weighted by molar-refractivity contribution is -0.141. The van der Waals surface area contributed by atoms with E-state index in [9.17, 15) is 9.90 Å². The smallest absolute Gasteiger partial charge is 0.229 e. The van der Waals surface area contributed by atoms with Gasteiger partial charge in [0.1, 0.15) is 6.61 Å². The highest BCUT2D eigenvalue weighted by Gasteiger charge is 2.38. The van der Waals surface area contributed by atoms with Gasteiger partial charge in [-0.15, -0.1) is 0 Å². The number of methoxy groups -OCH3 is 1. The molecule has 1 N–H and O–H groups in total. The molecule has 2 aliphatic rings. The number of aromatic nitrogens is 1. The van der Waals surface area contributed by atoms with Gasteiger partial charge in [-0.1, -0.05) is 18.2 Å². The second-order valence-corrected chi connectivity index (χ2v) is 7.26. The molecule has 0 saturated carbocycles. The summed E-state index contributed by atoms with van der Waals surface area (Å²) in [6, 6.07) is 9.49. The van der Waals surface area contributed by atoms with E-state index in [4.69, 9.17) is 9.47 Å². The first kappa shape index (κ1) is 17.8. The van der Waals surface area contributed by atoms with Crippen LogP contribution in [0.15, 0.2) is 42.7 Å². The molecule has 27 heavy (non-hydrogen) atoms. The third-order valence-corrected chi connectivity index (χ3v) is 5.63. The van der Waals surface area contributed by atoms with Crippen molar-refractivity contribution in [2.45, 2.75) is 24.9 Å². The van der Waals surface area contributed by atoms with Crippen molar-refractivity contribution in [1.29, 1.82) is 0 Å². The van der Waals surface area contributed by atoms with E-state index in [0.29, 0.717) is 44.7 Å². The average Bonchev–Trinajstić information content (AvgIpc) is 2.73.